The number of hydrogen-bond acceptors (Lipinski definition) is 2. The van der Waals surface area contributed by atoms with Crippen molar-refractivity contribution in [3.63, 3.8) is 0 Å². The maximum Gasteiger partial charge on any atom is 0.303 e. The molecule has 0 aromatic carbocycles. The molecule has 1 rings (SSSR count). The Labute approximate surface area is 103 Å². The lowest BCUT2D eigenvalue weighted by Gasteiger charge is -2.32. The van der Waals surface area contributed by atoms with Gasteiger partial charge in [-0.1, -0.05) is 20.3 Å². The van der Waals surface area contributed by atoms with Crippen molar-refractivity contribution in [3.05, 3.63) is 0 Å². The highest BCUT2D eigenvalue weighted by Gasteiger charge is 2.23. The second-order valence-corrected chi connectivity index (χ2v) is 5.14. The van der Waals surface area contributed by atoms with Crippen LogP contribution in [0, 0.1) is 11.8 Å². The molecule has 1 atom stereocenters. The summed E-state index contributed by atoms with van der Waals surface area (Å²) in [4.78, 5) is 24.3. The zero-order valence-corrected chi connectivity index (χ0v) is 10.8. The minimum Gasteiger partial charge on any atom is -0.481 e. The molecular weight excluding hydrogens is 218 g/mol. The first-order valence-corrected chi connectivity index (χ1v) is 6.52. The molecule has 0 aliphatic carbocycles. The van der Waals surface area contributed by atoms with E-state index < -0.39 is 5.97 Å². The molecule has 0 bridgehead atoms. The summed E-state index contributed by atoms with van der Waals surface area (Å²) in [5, 5.41) is 8.65. The Balaban J connectivity index is 2.31. The van der Waals surface area contributed by atoms with Gasteiger partial charge in [-0.05, 0) is 24.7 Å². The van der Waals surface area contributed by atoms with Crippen molar-refractivity contribution in [2.24, 2.45) is 11.8 Å². The number of piperidine rings is 1. The second kappa shape index (κ2) is 6.62. The molecule has 0 radical (unpaired) electrons. The summed E-state index contributed by atoms with van der Waals surface area (Å²) in [6.07, 6.45) is 3.82. The fourth-order valence-electron chi connectivity index (χ4n) is 2.39. The Hall–Kier alpha value is -1.06. The van der Waals surface area contributed by atoms with Crippen molar-refractivity contribution in [1.29, 1.82) is 0 Å². The number of carbonyl (C=O) groups excluding carboxylic acids is 1. The zero-order valence-electron chi connectivity index (χ0n) is 10.8. The van der Waals surface area contributed by atoms with Crippen molar-refractivity contribution >= 4 is 11.9 Å². The van der Waals surface area contributed by atoms with Gasteiger partial charge in [-0.15, -0.1) is 0 Å². The van der Waals surface area contributed by atoms with Gasteiger partial charge in [0.1, 0.15) is 0 Å². The van der Waals surface area contributed by atoms with E-state index in [0.29, 0.717) is 6.42 Å². The van der Waals surface area contributed by atoms with E-state index in [4.69, 9.17) is 5.11 Å². The molecule has 4 heteroatoms. The number of carboxylic acid groups (broad SMARTS) is 1. The largest absolute Gasteiger partial charge is 0.481 e. The van der Waals surface area contributed by atoms with Gasteiger partial charge in [0, 0.05) is 25.9 Å². The lowest BCUT2D eigenvalue weighted by atomic mass is 9.93. The minimum absolute atomic E-state index is 0.0658. The number of hydrogen-bond donors (Lipinski definition) is 1. The summed E-state index contributed by atoms with van der Waals surface area (Å²) in [6.45, 7) is 5.70. The van der Waals surface area contributed by atoms with Gasteiger partial charge in [-0.2, -0.15) is 0 Å². The van der Waals surface area contributed by atoms with E-state index in [0.717, 1.165) is 31.8 Å². The van der Waals surface area contributed by atoms with Crippen molar-refractivity contribution in [1.82, 2.24) is 4.90 Å². The first kappa shape index (κ1) is 14.0. The summed E-state index contributed by atoms with van der Waals surface area (Å²) < 4.78 is 0. The van der Waals surface area contributed by atoms with Crippen molar-refractivity contribution in [2.45, 2.75) is 46.0 Å². The molecule has 1 aliphatic heterocycles. The first-order chi connectivity index (χ1) is 8.02. The van der Waals surface area contributed by atoms with E-state index in [9.17, 15) is 9.59 Å². The molecule has 0 spiro atoms. The van der Waals surface area contributed by atoms with Gasteiger partial charge in [-0.3, -0.25) is 9.59 Å². The fourth-order valence-corrected chi connectivity index (χ4v) is 2.39. The Kier molecular flexibility index (Phi) is 5.45. The van der Waals surface area contributed by atoms with Crippen LogP contribution in [0.1, 0.15) is 46.0 Å². The quantitative estimate of drug-likeness (QED) is 0.802. The van der Waals surface area contributed by atoms with Gasteiger partial charge in [0.2, 0.25) is 5.91 Å². The number of carboxylic acids is 1. The Morgan fingerprint density at radius 2 is 1.88 bits per heavy atom. The summed E-state index contributed by atoms with van der Waals surface area (Å²) >= 11 is 0. The Morgan fingerprint density at radius 1 is 1.29 bits per heavy atom. The highest BCUT2D eigenvalue weighted by Crippen LogP contribution is 2.21. The van der Waals surface area contributed by atoms with Crippen LogP contribution in [-0.2, 0) is 9.59 Å². The molecule has 17 heavy (non-hydrogen) atoms. The molecule has 1 saturated heterocycles. The van der Waals surface area contributed by atoms with Crippen LogP contribution < -0.4 is 0 Å². The zero-order chi connectivity index (χ0) is 12.8. The number of aliphatic carboxylic acids is 1. The summed E-state index contributed by atoms with van der Waals surface area (Å²) in [7, 11) is 0. The van der Waals surface area contributed by atoms with Gasteiger partial charge >= 0.3 is 5.97 Å². The topological polar surface area (TPSA) is 57.6 Å². The summed E-state index contributed by atoms with van der Waals surface area (Å²) in [5.41, 5.74) is 0. The van der Waals surface area contributed by atoms with Crippen LogP contribution in [0.4, 0.5) is 0 Å². The van der Waals surface area contributed by atoms with Crippen LogP contribution in [0.2, 0.25) is 0 Å². The number of nitrogens with zero attached hydrogens (tertiary/aromatic N) is 1. The van der Waals surface area contributed by atoms with Crippen molar-refractivity contribution in [2.75, 3.05) is 13.1 Å². The SMILES string of the molecule is CCC1CCN(C(=O)CC(C)CC(=O)O)CC1. The van der Waals surface area contributed by atoms with Gasteiger partial charge in [0.25, 0.3) is 0 Å². The Bertz CT molecular complexity index is 270. The number of amides is 1. The predicted octanol–water partition coefficient (Wildman–Crippen LogP) is 2.14. The average molecular weight is 241 g/mol. The van der Waals surface area contributed by atoms with Gasteiger partial charge in [-0.25, -0.2) is 0 Å². The van der Waals surface area contributed by atoms with Crippen molar-refractivity contribution in [3.8, 4) is 0 Å². The number of rotatable bonds is 5. The van der Waals surface area contributed by atoms with E-state index >= 15 is 0 Å². The Morgan fingerprint density at radius 3 is 2.35 bits per heavy atom. The highest BCUT2D eigenvalue weighted by atomic mass is 16.4. The third kappa shape index (κ3) is 4.75. The lowest BCUT2D eigenvalue weighted by molar-refractivity contribution is -0.138. The van der Waals surface area contributed by atoms with E-state index in [1.54, 1.807) is 0 Å². The van der Waals surface area contributed by atoms with Gasteiger partial charge in [0.05, 0.1) is 0 Å². The lowest BCUT2D eigenvalue weighted by Crippen LogP contribution is -2.39. The van der Waals surface area contributed by atoms with Crippen LogP contribution in [0.15, 0.2) is 0 Å². The molecule has 1 unspecified atom stereocenters. The predicted molar refractivity (Wildman–Crippen MR) is 65.6 cm³/mol. The molecule has 0 saturated carbocycles. The molecule has 1 heterocycles. The molecule has 1 N–H and O–H groups in total. The highest BCUT2D eigenvalue weighted by molar-refractivity contribution is 5.77. The molecule has 4 nitrogen and oxygen atoms in total. The van der Waals surface area contributed by atoms with Crippen molar-refractivity contribution < 1.29 is 14.7 Å². The van der Waals surface area contributed by atoms with Crippen LogP contribution in [0.5, 0.6) is 0 Å². The third-order valence-electron chi connectivity index (χ3n) is 3.59. The normalized spacial score (nSPS) is 19.1. The molecule has 98 valence electrons. The average Bonchev–Trinajstić information content (AvgIpc) is 2.28. The monoisotopic (exact) mass is 241 g/mol. The number of carbonyl (C=O) groups is 2. The van der Waals surface area contributed by atoms with E-state index in [-0.39, 0.29) is 18.2 Å². The minimum atomic E-state index is -0.824. The summed E-state index contributed by atoms with van der Waals surface area (Å²) in [6, 6.07) is 0. The standard InChI is InChI=1S/C13H23NO3/c1-3-11-4-6-14(7-5-11)12(15)8-10(2)9-13(16)17/h10-11H,3-9H2,1-2H3,(H,16,17). The maximum absolute atomic E-state index is 11.9. The van der Waals surface area contributed by atoms with Gasteiger partial charge < -0.3 is 10.0 Å². The van der Waals surface area contributed by atoms with E-state index in [1.165, 1.54) is 6.42 Å². The molecular formula is C13H23NO3. The van der Waals surface area contributed by atoms with Crippen LogP contribution in [0.25, 0.3) is 0 Å². The molecule has 0 aromatic rings. The molecule has 1 aliphatic rings. The molecule has 0 aromatic heterocycles. The van der Waals surface area contributed by atoms with E-state index in [2.05, 4.69) is 6.92 Å². The fraction of sp³-hybridized carbons (Fsp3) is 0.846. The smallest absolute Gasteiger partial charge is 0.303 e. The molecule has 1 amide bonds. The second-order valence-electron chi connectivity index (χ2n) is 5.14. The first-order valence-electron chi connectivity index (χ1n) is 6.52. The maximum atomic E-state index is 11.9. The summed E-state index contributed by atoms with van der Waals surface area (Å²) in [5.74, 6) is -0.0114. The van der Waals surface area contributed by atoms with Gasteiger partial charge in [0.15, 0.2) is 0 Å². The van der Waals surface area contributed by atoms with E-state index in [1.807, 2.05) is 11.8 Å². The van der Waals surface area contributed by atoms with Crippen LogP contribution >= 0.6 is 0 Å². The van der Waals surface area contributed by atoms with Crippen LogP contribution in [-0.4, -0.2) is 35.0 Å². The third-order valence-corrected chi connectivity index (χ3v) is 3.59. The van der Waals surface area contributed by atoms with Crippen LogP contribution in [0.3, 0.4) is 0 Å². The number of likely N-dealkylation sites (tertiary alicyclic amines) is 1. The molecule has 1 fully saturated rings.